The second-order valence-corrected chi connectivity index (χ2v) is 6.04. The monoisotopic (exact) mass is 235 g/mol. The lowest BCUT2D eigenvalue weighted by atomic mass is 10.0. The lowest BCUT2D eigenvalue weighted by molar-refractivity contribution is 0.516. The molecular weight excluding hydrogens is 214 g/mol. The normalized spacial score (nSPS) is 17.6. The number of benzene rings is 1. The molecule has 0 radical (unpaired) electrons. The van der Waals surface area contributed by atoms with Crippen LogP contribution >= 0.6 is 11.8 Å². The predicted octanol–water partition coefficient (Wildman–Crippen LogP) is 3.88. The SMILES string of the molecule is Cc1ccc(SC2CCCCC2)c(CN)c1. The molecule has 1 aromatic carbocycles. The zero-order valence-electron chi connectivity index (χ0n) is 10.0. The van der Waals surface area contributed by atoms with Gasteiger partial charge in [0, 0.05) is 16.7 Å². The summed E-state index contributed by atoms with van der Waals surface area (Å²) in [7, 11) is 0. The zero-order chi connectivity index (χ0) is 11.4. The molecule has 16 heavy (non-hydrogen) atoms. The molecule has 1 saturated carbocycles. The van der Waals surface area contributed by atoms with Gasteiger partial charge >= 0.3 is 0 Å². The Morgan fingerprint density at radius 1 is 1.25 bits per heavy atom. The molecule has 1 fully saturated rings. The van der Waals surface area contributed by atoms with Crippen LogP contribution in [-0.2, 0) is 6.54 Å². The third-order valence-electron chi connectivity index (χ3n) is 3.28. The van der Waals surface area contributed by atoms with Gasteiger partial charge in [0.15, 0.2) is 0 Å². The van der Waals surface area contributed by atoms with Crippen molar-refractivity contribution in [2.45, 2.75) is 55.7 Å². The lowest BCUT2D eigenvalue weighted by Crippen LogP contribution is -2.09. The Morgan fingerprint density at radius 3 is 2.69 bits per heavy atom. The van der Waals surface area contributed by atoms with E-state index in [-0.39, 0.29) is 0 Å². The van der Waals surface area contributed by atoms with Crippen LogP contribution in [-0.4, -0.2) is 5.25 Å². The van der Waals surface area contributed by atoms with Crippen LogP contribution < -0.4 is 5.73 Å². The van der Waals surface area contributed by atoms with Gasteiger partial charge in [-0.2, -0.15) is 0 Å². The van der Waals surface area contributed by atoms with Gasteiger partial charge in [-0.25, -0.2) is 0 Å². The van der Waals surface area contributed by atoms with Crippen molar-refractivity contribution < 1.29 is 0 Å². The van der Waals surface area contributed by atoms with E-state index in [9.17, 15) is 0 Å². The highest BCUT2D eigenvalue weighted by Crippen LogP contribution is 2.35. The average Bonchev–Trinajstić information content (AvgIpc) is 2.33. The minimum absolute atomic E-state index is 0.663. The van der Waals surface area contributed by atoms with Crippen molar-refractivity contribution in [1.29, 1.82) is 0 Å². The molecule has 88 valence electrons. The molecule has 2 heteroatoms. The summed E-state index contributed by atoms with van der Waals surface area (Å²) in [6, 6.07) is 6.67. The van der Waals surface area contributed by atoms with E-state index in [1.165, 1.54) is 48.1 Å². The highest BCUT2D eigenvalue weighted by Gasteiger charge is 2.15. The van der Waals surface area contributed by atoms with Crippen LogP contribution in [0.5, 0.6) is 0 Å². The Labute approximate surface area is 103 Å². The summed E-state index contributed by atoms with van der Waals surface area (Å²) >= 11 is 2.04. The maximum Gasteiger partial charge on any atom is 0.0189 e. The number of nitrogens with two attached hydrogens (primary N) is 1. The van der Waals surface area contributed by atoms with Gasteiger partial charge < -0.3 is 5.73 Å². The predicted molar refractivity (Wildman–Crippen MR) is 71.8 cm³/mol. The van der Waals surface area contributed by atoms with E-state index < -0.39 is 0 Å². The van der Waals surface area contributed by atoms with Crippen molar-refractivity contribution in [1.82, 2.24) is 0 Å². The first-order valence-corrected chi connectivity index (χ1v) is 7.14. The third-order valence-corrected chi connectivity index (χ3v) is 4.74. The fraction of sp³-hybridized carbons (Fsp3) is 0.571. The molecule has 0 atom stereocenters. The highest BCUT2D eigenvalue weighted by atomic mass is 32.2. The summed E-state index contributed by atoms with van der Waals surface area (Å²) in [4.78, 5) is 1.40. The lowest BCUT2D eigenvalue weighted by Gasteiger charge is -2.22. The topological polar surface area (TPSA) is 26.0 Å². The first-order chi connectivity index (χ1) is 7.79. The number of hydrogen-bond acceptors (Lipinski definition) is 2. The molecule has 0 heterocycles. The molecule has 0 bridgehead atoms. The summed E-state index contributed by atoms with van der Waals surface area (Å²) in [6.45, 7) is 2.80. The van der Waals surface area contributed by atoms with Crippen LogP contribution in [0.2, 0.25) is 0 Å². The molecule has 1 aliphatic rings. The first kappa shape index (κ1) is 12.0. The summed E-state index contributed by atoms with van der Waals surface area (Å²) in [6.07, 6.45) is 6.99. The van der Waals surface area contributed by atoms with Crippen molar-refractivity contribution in [2.75, 3.05) is 0 Å². The second-order valence-electron chi connectivity index (χ2n) is 4.69. The summed E-state index contributed by atoms with van der Waals surface area (Å²) < 4.78 is 0. The Hall–Kier alpha value is -0.470. The van der Waals surface area contributed by atoms with E-state index in [2.05, 4.69) is 25.1 Å². The van der Waals surface area contributed by atoms with Crippen molar-refractivity contribution in [3.63, 3.8) is 0 Å². The van der Waals surface area contributed by atoms with Gasteiger partial charge in [0.05, 0.1) is 0 Å². The number of thioether (sulfide) groups is 1. The maximum atomic E-state index is 5.81. The molecule has 0 unspecified atom stereocenters. The molecule has 1 aliphatic carbocycles. The Bertz CT molecular complexity index is 343. The Morgan fingerprint density at radius 2 is 2.00 bits per heavy atom. The van der Waals surface area contributed by atoms with Crippen LogP contribution in [0.3, 0.4) is 0 Å². The molecule has 0 aliphatic heterocycles. The van der Waals surface area contributed by atoms with Gasteiger partial charge in [0.1, 0.15) is 0 Å². The largest absolute Gasteiger partial charge is 0.326 e. The number of aryl methyl sites for hydroxylation is 1. The van der Waals surface area contributed by atoms with Crippen molar-refractivity contribution >= 4 is 11.8 Å². The standard InChI is InChI=1S/C14H21NS/c1-11-7-8-14(12(9-11)10-15)16-13-5-3-2-4-6-13/h7-9,13H,2-6,10,15H2,1H3. The van der Waals surface area contributed by atoms with E-state index in [4.69, 9.17) is 5.73 Å². The molecule has 0 saturated heterocycles. The molecule has 0 amide bonds. The molecule has 0 aromatic heterocycles. The first-order valence-electron chi connectivity index (χ1n) is 6.26. The molecule has 2 N–H and O–H groups in total. The summed E-state index contributed by atoms with van der Waals surface area (Å²) in [5.41, 5.74) is 8.44. The van der Waals surface area contributed by atoms with Gasteiger partial charge in [-0.3, -0.25) is 0 Å². The second kappa shape index (κ2) is 5.74. The summed E-state index contributed by atoms with van der Waals surface area (Å²) in [5.74, 6) is 0. The maximum absolute atomic E-state index is 5.81. The van der Waals surface area contributed by atoms with E-state index >= 15 is 0 Å². The minimum atomic E-state index is 0.663. The van der Waals surface area contributed by atoms with Crippen LogP contribution in [0.25, 0.3) is 0 Å². The summed E-state index contributed by atoms with van der Waals surface area (Å²) in [5, 5.41) is 0.821. The minimum Gasteiger partial charge on any atom is -0.326 e. The third kappa shape index (κ3) is 3.02. The van der Waals surface area contributed by atoms with Gasteiger partial charge in [-0.1, -0.05) is 37.0 Å². The van der Waals surface area contributed by atoms with Gasteiger partial charge in [0.2, 0.25) is 0 Å². The quantitative estimate of drug-likeness (QED) is 0.860. The fourth-order valence-electron chi connectivity index (χ4n) is 2.35. The zero-order valence-corrected chi connectivity index (χ0v) is 10.9. The Balaban J connectivity index is 2.07. The molecule has 0 spiro atoms. The van der Waals surface area contributed by atoms with Gasteiger partial charge in [-0.15, -0.1) is 11.8 Å². The van der Waals surface area contributed by atoms with Crippen molar-refractivity contribution in [2.24, 2.45) is 5.73 Å². The smallest absolute Gasteiger partial charge is 0.0189 e. The van der Waals surface area contributed by atoms with Crippen LogP contribution in [0.4, 0.5) is 0 Å². The van der Waals surface area contributed by atoms with E-state index in [0.717, 1.165) is 5.25 Å². The highest BCUT2D eigenvalue weighted by molar-refractivity contribution is 8.00. The van der Waals surface area contributed by atoms with Crippen LogP contribution in [0, 0.1) is 6.92 Å². The fourth-order valence-corrected chi connectivity index (χ4v) is 3.71. The molecule has 1 aromatic rings. The van der Waals surface area contributed by atoms with Crippen molar-refractivity contribution in [3.05, 3.63) is 29.3 Å². The average molecular weight is 235 g/mol. The van der Waals surface area contributed by atoms with Crippen molar-refractivity contribution in [3.8, 4) is 0 Å². The molecule has 1 nitrogen and oxygen atoms in total. The molecule has 2 rings (SSSR count). The van der Waals surface area contributed by atoms with Crippen LogP contribution in [0.15, 0.2) is 23.1 Å². The van der Waals surface area contributed by atoms with Gasteiger partial charge in [-0.05, 0) is 31.4 Å². The van der Waals surface area contributed by atoms with Gasteiger partial charge in [0.25, 0.3) is 0 Å². The number of rotatable bonds is 3. The van der Waals surface area contributed by atoms with E-state index in [1.54, 1.807) is 0 Å². The number of hydrogen-bond donors (Lipinski definition) is 1. The van der Waals surface area contributed by atoms with E-state index in [1.807, 2.05) is 11.8 Å². The van der Waals surface area contributed by atoms with Crippen LogP contribution in [0.1, 0.15) is 43.2 Å². The Kier molecular flexibility index (Phi) is 4.30. The molecular formula is C14H21NS. The van der Waals surface area contributed by atoms with E-state index in [0.29, 0.717) is 6.54 Å².